The van der Waals surface area contributed by atoms with Gasteiger partial charge in [-0.05, 0) is 41.7 Å². The molecule has 174 valence electrons. The summed E-state index contributed by atoms with van der Waals surface area (Å²) >= 11 is 0. The largest absolute Gasteiger partial charge is 0.490 e. The van der Waals surface area contributed by atoms with Gasteiger partial charge >= 0.3 is 0 Å². The Balaban J connectivity index is 1.45. The second kappa shape index (κ2) is 11.1. The van der Waals surface area contributed by atoms with Gasteiger partial charge in [-0.1, -0.05) is 37.3 Å². The van der Waals surface area contributed by atoms with Gasteiger partial charge in [-0.3, -0.25) is 0 Å². The minimum atomic E-state index is -0.463. The van der Waals surface area contributed by atoms with Crippen molar-refractivity contribution in [3.63, 3.8) is 0 Å². The third kappa shape index (κ3) is 5.44. The van der Waals surface area contributed by atoms with E-state index in [0.29, 0.717) is 19.8 Å². The fraction of sp³-hybridized carbons (Fsp3) is 0.538. The number of fused-ring (bicyclic) bond motifs is 1. The molecule has 2 aliphatic heterocycles. The Kier molecular flexibility index (Phi) is 8.03. The normalized spacial score (nSPS) is 23.0. The zero-order valence-corrected chi connectivity index (χ0v) is 19.3. The molecule has 6 nitrogen and oxygen atoms in total. The first-order chi connectivity index (χ1) is 15.7. The summed E-state index contributed by atoms with van der Waals surface area (Å²) in [5.74, 6) is 0.898. The van der Waals surface area contributed by atoms with Crippen molar-refractivity contribution in [3.8, 4) is 5.75 Å². The second-order valence-electron chi connectivity index (χ2n) is 8.68. The maximum absolute atomic E-state index is 10.7. The van der Waals surface area contributed by atoms with E-state index in [9.17, 15) is 5.11 Å². The van der Waals surface area contributed by atoms with Crippen LogP contribution >= 0.6 is 0 Å². The van der Waals surface area contributed by atoms with Crippen LogP contribution in [0.5, 0.6) is 5.75 Å². The zero-order chi connectivity index (χ0) is 22.3. The highest BCUT2D eigenvalue weighted by Crippen LogP contribution is 2.34. The molecular weight excluding hydrogens is 404 g/mol. The molecular formula is C26H36N2O4. The number of hydrogen-bond donors (Lipinski definition) is 2. The molecule has 2 aromatic carbocycles. The molecule has 4 rings (SSSR count). The lowest BCUT2D eigenvalue weighted by atomic mass is 9.85. The van der Waals surface area contributed by atoms with E-state index >= 15 is 0 Å². The predicted octanol–water partition coefficient (Wildman–Crippen LogP) is 3.12. The Morgan fingerprint density at radius 2 is 1.94 bits per heavy atom. The van der Waals surface area contributed by atoms with E-state index in [1.807, 2.05) is 6.07 Å². The first kappa shape index (κ1) is 23.1. The Bertz CT molecular complexity index is 857. The molecule has 1 saturated heterocycles. The molecule has 0 bridgehead atoms. The number of nitrogens with one attached hydrogen (secondary N) is 1. The van der Waals surface area contributed by atoms with Crippen molar-refractivity contribution in [1.29, 1.82) is 0 Å². The maximum Gasteiger partial charge on any atom is 0.142 e. The van der Waals surface area contributed by atoms with Gasteiger partial charge in [0.1, 0.15) is 12.4 Å². The van der Waals surface area contributed by atoms with Gasteiger partial charge in [0.2, 0.25) is 0 Å². The van der Waals surface area contributed by atoms with Crippen LogP contribution in [0.15, 0.2) is 42.5 Å². The average Bonchev–Trinajstić information content (AvgIpc) is 2.83. The molecule has 2 aromatic rings. The molecule has 0 aliphatic carbocycles. The Morgan fingerprint density at radius 1 is 1.12 bits per heavy atom. The van der Waals surface area contributed by atoms with E-state index in [2.05, 4.69) is 53.5 Å². The van der Waals surface area contributed by atoms with Crippen LogP contribution in [-0.4, -0.2) is 63.8 Å². The van der Waals surface area contributed by atoms with Crippen molar-refractivity contribution in [1.82, 2.24) is 5.32 Å². The Hall–Kier alpha value is -2.12. The van der Waals surface area contributed by atoms with Gasteiger partial charge in [-0.2, -0.15) is 0 Å². The van der Waals surface area contributed by atoms with Crippen LogP contribution in [0.4, 0.5) is 5.69 Å². The predicted molar refractivity (Wildman–Crippen MR) is 127 cm³/mol. The molecule has 6 heteroatoms. The van der Waals surface area contributed by atoms with Crippen LogP contribution in [0.2, 0.25) is 0 Å². The summed E-state index contributed by atoms with van der Waals surface area (Å²) in [6.45, 7) is 7.28. The lowest BCUT2D eigenvalue weighted by Crippen LogP contribution is -2.49. The molecule has 1 fully saturated rings. The molecule has 2 heterocycles. The lowest BCUT2D eigenvalue weighted by Gasteiger charge is -2.36. The fourth-order valence-electron chi connectivity index (χ4n) is 4.69. The first-order valence-electron chi connectivity index (χ1n) is 11.8. The van der Waals surface area contributed by atoms with Crippen molar-refractivity contribution in [2.75, 3.05) is 51.4 Å². The van der Waals surface area contributed by atoms with E-state index in [1.165, 1.54) is 5.56 Å². The summed E-state index contributed by atoms with van der Waals surface area (Å²) < 4.78 is 17.5. The maximum atomic E-state index is 10.7. The van der Waals surface area contributed by atoms with Gasteiger partial charge in [0.25, 0.3) is 0 Å². The number of methoxy groups -OCH3 is 1. The van der Waals surface area contributed by atoms with Crippen molar-refractivity contribution >= 4 is 5.69 Å². The molecule has 2 N–H and O–H groups in total. The highest BCUT2D eigenvalue weighted by molar-refractivity contribution is 5.61. The molecule has 3 atom stereocenters. The van der Waals surface area contributed by atoms with Crippen LogP contribution in [0.1, 0.15) is 36.0 Å². The number of aliphatic hydroxyl groups is 1. The van der Waals surface area contributed by atoms with Gasteiger partial charge in [-0.15, -0.1) is 0 Å². The third-order valence-corrected chi connectivity index (χ3v) is 6.51. The number of piperidine rings is 1. The second-order valence-corrected chi connectivity index (χ2v) is 8.68. The molecule has 0 radical (unpaired) electrons. The number of nitrogens with zero attached hydrogens (tertiary/aromatic N) is 1. The van der Waals surface area contributed by atoms with Crippen molar-refractivity contribution in [2.24, 2.45) is 0 Å². The van der Waals surface area contributed by atoms with Gasteiger partial charge in [0.05, 0.1) is 31.0 Å². The van der Waals surface area contributed by atoms with Crippen molar-refractivity contribution < 1.29 is 19.3 Å². The highest BCUT2D eigenvalue weighted by Gasteiger charge is 2.34. The SMILES string of the molecule is CCc1ccc([C@H]2[C@H](O)CNC[C@@H]2OCc2ccc3c(c2)N(CCCOC)CCO3)cc1. The van der Waals surface area contributed by atoms with Crippen LogP contribution in [-0.2, 0) is 22.5 Å². The Labute approximate surface area is 191 Å². The number of aryl methyl sites for hydroxylation is 1. The molecule has 0 unspecified atom stereocenters. The smallest absolute Gasteiger partial charge is 0.142 e. The summed E-state index contributed by atoms with van der Waals surface area (Å²) in [6, 6.07) is 14.9. The van der Waals surface area contributed by atoms with Crippen molar-refractivity contribution in [2.45, 2.75) is 44.5 Å². The summed E-state index contributed by atoms with van der Waals surface area (Å²) in [5.41, 5.74) is 4.69. The first-order valence-corrected chi connectivity index (χ1v) is 11.8. The average molecular weight is 441 g/mol. The van der Waals surface area contributed by atoms with Crippen LogP contribution in [0.3, 0.4) is 0 Å². The molecule has 0 amide bonds. The number of aliphatic hydroxyl groups excluding tert-OH is 1. The quantitative estimate of drug-likeness (QED) is 0.584. The number of rotatable bonds is 9. The molecule has 0 aromatic heterocycles. The standard InChI is InChI=1S/C26H36N2O4/c1-3-19-5-8-21(9-6-19)26-23(29)16-27-17-25(26)32-18-20-7-10-24-22(15-20)28(12-14-31-24)11-4-13-30-2/h5-10,15,23,25-27,29H,3-4,11-14,16-18H2,1-2H3/t23-,25+,26+/m1/s1. The molecule has 0 spiro atoms. The minimum absolute atomic E-state index is 0.0336. The highest BCUT2D eigenvalue weighted by atomic mass is 16.5. The van der Waals surface area contributed by atoms with Gasteiger partial charge in [0.15, 0.2) is 0 Å². The Morgan fingerprint density at radius 3 is 2.72 bits per heavy atom. The zero-order valence-electron chi connectivity index (χ0n) is 19.3. The summed E-state index contributed by atoms with van der Waals surface area (Å²) in [5, 5.41) is 14.0. The molecule has 2 aliphatic rings. The van der Waals surface area contributed by atoms with Gasteiger partial charge < -0.3 is 29.5 Å². The summed E-state index contributed by atoms with van der Waals surface area (Å²) in [7, 11) is 1.74. The number of anilines is 1. The number of benzene rings is 2. The van der Waals surface area contributed by atoms with E-state index in [1.54, 1.807) is 7.11 Å². The van der Waals surface area contributed by atoms with E-state index in [0.717, 1.165) is 61.6 Å². The monoisotopic (exact) mass is 440 g/mol. The minimum Gasteiger partial charge on any atom is -0.490 e. The third-order valence-electron chi connectivity index (χ3n) is 6.51. The van der Waals surface area contributed by atoms with E-state index < -0.39 is 6.10 Å². The number of ether oxygens (including phenoxy) is 3. The van der Waals surface area contributed by atoms with Gasteiger partial charge in [-0.25, -0.2) is 0 Å². The van der Waals surface area contributed by atoms with E-state index in [4.69, 9.17) is 14.2 Å². The molecule has 0 saturated carbocycles. The van der Waals surface area contributed by atoms with Gasteiger partial charge in [0, 0.05) is 39.3 Å². The summed E-state index contributed by atoms with van der Waals surface area (Å²) in [4.78, 5) is 2.37. The topological polar surface area (TPSA) is 63.2 Å². The molecule has 32 heavy (non-hydrogen) atoms. The number of hydrogen-bond acceptors (Lipinski definition) is 6. The lowest BCUT2D eigenvalue weighted by molar-refractivity contribution is -0.0328. The summed E-state index contributed by atoms with van der Waals surface area (Å²) in [6.07, 6.45) is 1.45. The van der Waals surface area contributed by atoms with E-state index in [-0.39, 0.29) is 12.0 Å². The van der Waals surface area contributed by atoms with Crippen LogP contribution < -0.4 is 15.0 Å². The van der Waals surface area contributed by atoms with Crippen LogP contribution in [0.25, 0.3) is 0 Å². The fourth-order valence-corrected chi connectivity index (χ4v) is 4.69. The number of β-amino-alcohol motifs (C(OH)–C–C–N with tert-alkyl or cyclic N) is 1. The van der Waals surface area contributed by atoms with Crippen LogP contribution in [0, 0.1) is 0 Å². The van der Waals surface area contributed by atoms with Crippen molar-refractivity contribution in [3.05, 3.63) is 59.2 Å².